The van der Waals surface area contributed by atoms with E-state index in [1.165, 1.54) is 20.4 Å². The third-order valence-electron chi connectivity index (χ3n) is 5.68. The normalized spacial score (nSPS) is 11.8. The fourth-order valence-electron chi connectivity index (χ4n) is 4.03. The maximum atomic E-state index is 13.2. The first-order valence-corrected chi connectivity index (χ1v) is 11.4. The van der Waals surface area contributed by atoms with Gasteiger partial charge in [-0.3, -0.25) is 0 Å². The lowest BCUT2D eigenvalue weighted by atomic mass is 9.86. The van der Waals surface area contributed by atoms with E-state index in [1.807, 2.05) is 19.1 Å². The van der Waals surface area contributed by atoms with Crippen LogP contribution in [0.1, 0.15) is 38.9 Å². The molecule has 2 heterocycles. The lowest BCUT2D eigenvalue weighted by Crippen LogP contribution is -2.19. The monoisotopic (exact) mass is 506 g/mol. The molecule has 184 valence electrons. The standard InChI is InChI=1S/C27H23ClN2O6/c1-5-36-25(31)18-13-29-19-11-10-16(28)12-17(19)23-21(18)20(15-8-6-14(2)7-9-15)22(26(32)34-3)24(30-23)27(33)35-4/h6-13,29H,5H2,1-4H3. The number of hydrogen-bond acceptors (Lipinski definition) is 8. The Morgan fingerprint density at radius 1 is 0.944 bits per heavy atom. The van der Waals surface area contributed by atoms with Crippen LogP contribution in [0.25, 0.3) is 28.0 Å². The molecule has 0 saturated heterocycles. The fourth-order valence-corrected chi connectivity index (χ4v) is 4.20. The number of nitrogens with zero attached hydrogens (tertiary/aromatic N) is 1. The number of benzene rings is 2. The number of aromatic nitrogens is 1. The Hall–Kier alpha value is -4.17. The average molecular weight is 507 g/mol. The smallest absolute Gasteiger partial charge is 0.357 e. The molecule has 0 spiro atoms. The van der Waals surface area contributed by atoms with Gasteiger partial charge in [0.05, 0.1) is 32.1 Å². The van der Waals surface area contributed by atoms with Crippen LogP contribution in [0.2, 0.25) is 5.02 Å². The molecule has 0 saturated carbocycles. The summed E-state index contributed by atoms with van der Waals surface area (Å²) in [6.45, 7) is 3.74. The predicted molar refractivity (Wildman–Crippen MR) is 136 cm³/mol. The van der Waals surface area contributed by atoms with Crippen LogP contribution in [0.4, 0.5) is 5.69 Å². The third-order valence-corrected chi connectivity index (χ3v) is 5.91. The van der Waals surface area contributed by atoms with Crippen molar-refractivity contribution >= 4 is 40.8 Å². The number of rotatable bonds is 5. The maximum Gasteiger partial charge on any atom is 0.357 e. The minimum absolute atomic E-state index is 0.115. The summed E-state index contributed by atoms with van der Waals surface area (Å²) in [4.78, 5) is 43.8. The molecule has 0 aliphatic carbocycles. The van der Waals surface area contributed by atoms with Gasteiger partial charge in [0.2, 0.25) is 0 Å². The first kappa shape index (κ1) is 24.9. The van der Waals surface area contributed by atoms with E-state index in [0.717, 1.165) is 5.56 Å². The summed E-state index contributed by atoms with van der Waals surface area (Å²) < 4.78 is 15.4. The van der Waals surface area contributed by atoms with Gasteiger partial charge in [-0.15, -0.1) is 0 Å². The number of pyridine rings is 1. The van der Waals surface area contributed by atoms with Crippen molar-refractivity contribution in [2.45, 2.75) is 13.8 Å². The molecule has 4 rings (SSSR count). The topological polar surface area (TPSA) is 104 Å². The number of esters is 3. The molecule has 1 aliphatic rings. The number of methoxy groups -OCH3 is 2. The van der Waals surface area contributed by atoms with Crippen LogP contribution in [0, 0.1) is 6.92 Å². The Morgan fingerprint density at radius 3 is 2.28 bits per heavy atom. The molecule has 3 aromatic rings. The van der Waals surface area contributed by atoms with Gasteiger partial charge in [0.1, 0.15) is 5.56 Å². The van der Waals surface area contributed by atoms with E-state index < -0.39 is 17.9 Å². The Kier molecular flexibility index (Phi) is 7.07. The van der Waals surface area contributed by atoms with Gasteiger partial charge in [0.15, 0.2) is 5.69 Å². The molecule has 0 amide bonds. The number of halogens is 1. The second kappa shape index (κ2) is 10.2. The number of carbonyl (C=O) groups is 3. The SMILES string of the molecule is CCOC(=O)C1=CNc2ccc(Cl)cc2-c2nc(C(=O)OC)c(C(=O)OC)c(-c3ccc(C)cc3)c21. The van der Waals surface area contributed by atoms with Crippen molar-refractivity contribution in [3.05, 3.63) is 76.1 Å². The van der Waals surface area contributed by atoms with Crippen molar-refractivity contribution in [3.63, 3.8) is 0 Å². The van der Waals surface area contributed by atoms with Gasteiger partial charge in [-0.2, -0.15) is 0 Å². The van der Waals surface area contributed by atoms with E-state index >= 15 is 0 Å². The van der Waals surface area contributed by atoms with Crippen LogP contribution in [0.3, 0.4) is 0 Å². The Balaban J connectivity index is 2.25. The molecule has 1 N–H and O–H groups in total. The minimum Gasteiger partial charge on any atom is -0.465 e. The molecule has 0 fully saturated rings. The molecule has 1 aromatic heterocycles. The molecule has 0 bridgehead atoms. The number of anilines is 1. The quantitative estimate of drug-likeness (QED) is 0.368. The van der Waals surface area contributed by atoms with Gasteiger partial charge in [0.25, 0.3) is 0 Å². The number of hydrogen-bond donors (Lipinski definition) is 1. The van der Waals surface area contributed by atoms with Gasteiger partial charge in [-0.1, -0.05) is 41.4 Å². The van der Waals surface area contributed by atoms with Crippen molar-refractivity contribution < 1.29 is 28.6 Å². The van der Waals surface area contributed by atoms with Gasteiger partial charge in [-0.25, -0.2) is 19.4 Å². The van der Waals surface area contributed by atoms with Gasteiger partial charge >= 0.3 is 17.9 Å². The second-order valence-electron chi connectivity index (χ2n) is 7.90. The van der Waals surface area contributed by atoms with Crippen LogP contribution in [-0.4, -0.2) is 43.7 Å². The van der Waals surface area contributed by atoms with E-state index in [-0.39, 0.29) is 34.7 Å². The highest BCUT2D eigenvalue weighted by atomic mass is 35.5. The summed E-state index contributed by atoms with van der Waals surface area (Å²) in [6.07, 6.45) is 1.49. The van der Waals surface area contributed by atoms with E-state index in [4.69, 9.17) is 25.8 Å². The molecule has 1 aliphatic heterocycles. The van der Waals surface area contributed by atoms with Gasteiger partial charge in [0, 0.05) is 33.6 Å². The number of aryl methyl sites for hydroxylation is 1. The summed E-state index contributed by atoms with van der Waals surface area (Å²) in [5, 5.41) is 3.52. The Labute approximate surface area is 212 Å². The number of carbonyl (C=O) groups excluding carboxylic acids is 3. The van der Waals surface area contributed by atoms with Crippen LogP contribution in [-0.2, 0) is 19.0 Å². The second-order valence-corrected chi connectivity index (χ2v) is 8.33. The van der Waals surface area contributed by atoms with Crippen LogP contribution in [0.5, 0.6) is 0 Å². The highest BCUT2D eigenvalue weighted by molar-refractivity contribution is 6.31. The zero-order valence-electron chi connectivity index (χ0n) is 20.1. The number of fused-ring (bicyclic) bond motifs is 3. The molecule has 2 aromatic carbocycles. The van der Waals surface area contributed by atoms with E-state index in [2.05, 4.69) is 10.3 Å². The van der Waals surface area contributed by atoms with Crippen molar-refractivity contribution in [2.75, 3.05) is 26.1 Å². The van der Waals surface area contributed by atoms with Crippen molar-refractivity contribution in [2.24, 2.45) is 0 Å². The van der Waals surface area contributed by atoms with E-state index in [9.17, 15) is 14.4 Å². The molecule has 9 heteroatoms. The Morgan fingerprint density at radius 2 is 1.64 bits per heavy atom. The summed E-state index contributed by atoms with van der Waals surface area (Å²) in [6, 6.07) is 12.4. The molecule has 0 radical (unpaired) electrons. The zero-order valence-corrected chi connectivity index (χ0v) is 20.9. The molecule has 0 atom stereocenters. The average Bonchev–Trinajstić information content (AvgIpc) is 3.04. The van der Waals surface area contributed by atoms with Crippen LogP contribution in [0.15, 0.2) is 48.7 Å². The van der Waals surface area contributed by atoms with Crippen molar-refractivity contribution in [1.82, 2.24) is 4.98 Å². The predicted octanol–water partition coefficient (Wildman–Crippen LogP) is 5.28. The lowest BCUT2D eigenvalue weighted by Gasteiger charge is -2.20. The molecule has 0 unspecified atom stereocenters. The summed E-state index contributed by atoms with van der Waals surface area (Å²) in [5.74, 6) is -2.29. The highest BCUT2D eigenvalue weighted by Crippen LogP contribution is 2.44. The zero-order chi connectivity index (χ0) is 26.0. The van der Waals surface area contributed by atoms with Gasteiger partial charge in [-0.05, 0) is 37.6 Å². The highest BCUT2D eigenvalue weighted by Gasteiger charge is 2.35. The van der Waals surface area contributed by atoms with Gasteiger partial charge < -0.3 is 19.5 Å². The molecular weight excluding hydrogens is 484 g/mol. The maximum absolute atomic E-state index is 13.2. The van der Waals surface area contributed by atoms with Crippen LogP contribution < -0.4 is 5.32 Å². The molecule has 8 nitrogen and oxygen atoms in total. The summed E-state index contributed by atoms with van der Waals surface area (Å²) >= 11 is 6.32. The van der Waals surface area contributed by atoms with E-state index in [1.54, 1.807) is 37.3 Å². The summed E-state index contributed by atoms with van der Waals surface area (Å²) in [7, 11) is 2.39. The number of ether oxygens (including phenoxy) is 3. The molecular formula is C27H23ClN2O6. The number of nitrogens with one attached hydrogen (secondary N) is 1. The Bertz CT molecular complexity index is 1410. The van der Waals surface area contributed by atoms with Crippen molar-refractivity contribution in [1.29, 1.82) is 0 Å². The third kappa shape index (κ3) is 4.43. The molecule has 36 heavy (non-hydrogen) atoms. The fraction of sp³-hybridized carbons (Fsp3) is 0.185. The first-order valence-electron chi connectivity index (χ1n) is 11.1. The first-order chi connectivity index (χ1) is 17.3. The largest absolute Gasteiger partial charge is 0.465 e. The summed E-state index contributed by atoms with van der Waals surface area (Å²) in [5.41, 5.74) is 3.19. The van der Waals surface area contributed by atoms with Crippen LogP contribution >= 0.6 is 11.6 Å². The lowest BCUT2D eigenvalue weighted by molar-refractivity contribution is -0.136. The van der Waals surface area contributed by atoms with Crippen molar-refractivity contribution in [3.8, 4) is 22.4 Å². The van der Waals surface area contributed by atoms with E-state index in [0.29, 0.717) is 27.4 Å². The minimum atomic E-state index is -0.839.